The van der Waals surface area contributed by atoms with E-state index in [1.165, 1.54) is 25.0 Å². The monoisotopic (exact) mass is 743 g/mol. The van der Waals surface area contributed by atoms with Crippen molar-refractivity contribution in [2.75, 3.05) is 20.8 Å². The molecule has 6 rings (SSSR count). The number of nitrogens with one attached hydrogen (secondary N) is 3. The number of amides is 1. The van der Waals surface area contributed by atoms with Crippen molar-refractivity contribution in [2.45, 2.75) is 80.2 Å². The van der Waals surface area contributed by atoms with Crippen molar-refractivity contribution in [1.29, 1.82) is 0 Å². The van der Waals surface area contributed by atoms with E-state index in [1.807, 2.05) is 0 Å². The van der Waals surface area contributed by atoms with Gasteiger partial charge in [0.15, 0.2) is 5.82 Å². The summed E-state index contributed by atoms with van der Waals surface area (Å²) < 4.78 is 87.0. The second-order valence-corrected chi connectivity index (χ2v) is 14.9. The van der Waals surface area contributed by atoms with E-state index in [9.17, 15) is 31.5 Å². The van der Waals surface area contributed by atoms with Gasteiger partial charge in [0.25, 0.3) is 0 Å². The highest BCUT2D eigenvalue weighted by Crippen LogP contribution is 2.46. The number of aromatic nitrogens is 4. The Morgan fingerprint density at radius 3 is 2.12 bits per heavy atom. The lowest BCUT2D eigenvalue weighted by Gasteiger charge is -2.32. The summed E-state index contributed by atoms with van der Waals surface area (Å²) in [5.74, 6) is 0.715. The molecule has 0 bridgehead atoms. The third kappa shape index (κ3) is 8.48. The van der Waals surface area contributed by atoms with Gasteiger partial charge in [0.2, 0.25) is 10.0 Å². The molecule has 0 spiro atoms. The Kier molecular flexibility index (Phi) is 10.7. The number of rotatable bonds is 14. The number of sulfonamides is 1. The molecule has 2 saturated carbocycles. The van der Waals surface area contributed by atoms with Crippen molar-refractivity contribution in [1.82, 2.24) is 35.6 Å². The van der Waals surface area contributed by atoms with E-state index in [-0.39, 0.29) is 36.4 Å². The normalized spacial score (nSPS) is 18.5. The van der Waals surface area contributed by atoms with E-state index < -0.39 is 38.3 Å². The minimum atomic E-state index is -5.03. The summed E-state index contributed by atoms with van der Waals surface area (Å²) in [7, 11) is -1.83. The van der Waals surface area contributed by atoms with Gasteiger partial charge >= 0.3 is 12.3 Å². The summed E-state index contributed by atoms with van der Waals surface area (Å²) in [6.07, 6.45) is -2.27. The average Bonchev–Trinajstić information content (AvgIpc) is 3.74. The second kappa shape index (κ2) is 15.1. The molecule has 0 unspecified atom stereocenters. The van der Waals surface area contributed by atoms with Crippen LogP contribution in [0.1, 0.15) is 66.7 Å². The third-order valence-electron chi connectivity index (χ3n) is 9.76. The number of carboxylic acid groups (broad SMARTS) is 1. The maximum absolute atomic E-state index is 14.8. The molecule has 2 aliphatic carbocycles. The van der Waals surface area contributed by atoms with Crippen LogP contribution in [0, 0.1) is 0 Å². The van der Waals surface area contributed by atoms with E-state index in [4.69, 9.17) is 9.47 Å². The van der Waals surface area contributed by atoms with Gasteiger partial charge in [-0.15, -0.1) is 5.10 Å². The molecule has 3 aromatic carbocycles. The zero-order chi connectivity index (χ0) is 37.1. The van der Waals surface area contributed by atoms with Crippen LogP contribution < -0.4 is 24.8 Å². The van der Waals surface area contributed by atoms with Crippen LogP contribution >= 0.6 is 0 Å². The van der Waals surface area contributed by atoms with E-state index >= 15 is 0 Å². The Morgan fingerprint density at radius 1 is 0.942 bits per heavy atom. The maximum Gasteiger partial charge on any atom is 0.417 e. The Morgan fingerprint density at radius 2 is 1.56 bits per heavy atom. The molecule has 17 heteroatoms. The van der Waals surface area contributed by atoms with E-state index in [0.717, 1.165) is 18.9 Å². The van der Waals surface area contributed by atoms with E-state index in [1.54, 1.807) is 48.5 Å². The first kappa shape index (κ1) is 37.0. The van der Waals surface area contributed by atoms with Crippen molar-refractivity contribution in [2.24, 2.45) is 0 Å². The molecule has 0 radical (unpaired) electrons. The van der Waals surface area contributed by atoms with Crippen LogP contribution in [-0.2, 0) is 29.3 Å². The number of hydrogen-bond acceptors (Lipinski definition) is 9. The first-order valence-electron chi connectivity index (χ1n) is 16.8. The molecule has 1 amide bonds. The lowest BCUT2D eigenvalue weighted by molar-refractivity contribution is -0.139. The lowest BCUT2D eigenvalue weighted by Crippen LogP contribution is -2.47. The first-order chi connectivity index (χ1) is 24.8. The molecule has 2 fully saturated rings. The highest BCUT2D eigenvalue weighted by atomic mass is 32.2. The van der Waals surface area contributed by atoms with Crippen LogP contribution in [-0.4, -0.2) is 72.2 Å². The van der Waals surface area contributed by atoms with Crippen LogP contribution in [0.25, 0.3) is 11.4 Å². The maximum atomic E-state index is 14.8. The van der Waals surface area contributed by atoms with E-state index in [0.29, 0.717) is 60.4 Å². The zero-order valence-corrected chi connectivity index (χ0v) is 29.4. The van der Waals surface area contributed by atoms with Gasteiger partial charge in [-0.05, 0) is 102 Å². The summed E-state index contributed by atoms with van der Waals surface area (Å²) in [5, 5.41) is 27.3. The minimum Gasteiger partial charge on any atom is -0.497 e. The Bertz CT molecular complexity index is 1980. The van der Waals surface area contributed by atoms with Gasteiger partial charge in [-0.1, -0.05) is 30.3 Å². The van der Waals surface area contributed by atoms with Gasteiger partial charge in [0, 0.05) is 24.7 Å². The molecular weight excluding hydrogens is 703 g/mol. The number of ether oxygens (including phenoxy) is 2. The molecule has 4 aromatic rings. The number of benzene rings is 3. The smallest absolute Gasteiger partial charge is 0.417 e. The van der Waals surface area contributed by atoms with Gasteiger partial charge in [-0.3, -0.25) is 0 Å². The predicted molar refractivity (Wildman–Crippen MR) is 183 cm³/mol. The van der Waals surface area contributed by atoms with Crippen molar-refractivity contribution in [3.63, 3.8) is 0 Å². The largest absolute Gasteiger partial charge is 0.497 e. The molecule has 0 saturated heterocycles. The fourth-order valence-electron chi connectivity index (χ4n) is 6.73. The molecule has 0 aliphatic heterocycles. The van der Waals surface area contributed by atoms with Crippen molar-refractivity contribution in [3.8, 4) is 22.9 Å². The standard InChI is InChI=1S/C35H40F3N7O6S/c1-50-26-11-3-22(4-12-26)19-40-52(48,49)31-29(35(36,37)38)16-15-28(24-7-9-25(10-8-24)39-21-34(17-18-34)41-33(46)47)30(31)32-42-43-44-45(32)20-23-5-13-27(51-2)14-6-23/h3-6,11-16,24-25,39-41H,7-10,17-21H2,1-2H3,(H,46,47)/t24-,25-. The number of carbonyl (C=O) groups is 1. The predicted octanol–water partition coefficient (Wildman–Crippen LogP) is 5.32. The molecule has 278 valence electrons. The third-order valence-corrected chi connectivity index (χ3v) is 11.2. The molecule has 52 heavy (non-hydrogen) atoms. The number of halogens is 3. The van der Waals surface area contributed by atoms with Gasteiger partial charge < -0.3 is 25.2 Å². The van der Waals surface area contributed by atoms with Gasteiger partial charge in [0.05, 0.1) is 31.9 Å². The SMILES string of the molecule is COc1ccc(CNS(=O)(=O)c2c(C(F)(F)F)ccc([C@H]3CC[C@H](NCC4(NC(=O)O)CC4)CC3)c2-c2nnnn2Cc2ccc(OC)cc2)cc1. The van der Waals surface area contributed by atoms with Crippen molar-refractivity contribution in [3.05, 3.63) is 82.9 Å². The number of alkyl halides is 3. The quantitative estimate of drug-likeness (QED) is 0.133. The lowest BCUT2D eigenvalue weighted by atomic mass is 9.79. The van der Waals surface area contributed by atoms with Crippen LogP contribution in [0.5, 0.6) is 11.5 Å². The van der Waals surface area contributed by atoms with Crippen LogP contribution in [0.4, 0.5) is 18.0 Å². The van der Waals surface area contributed by atoms with Crippen LogP contribution in [0.3, 0.4) is 0 Å². The Hall–Kier alpha value is -4.74. The summed E-state index contributed by atoms with van der Waals surface area (Å²) in [4.78, 5) is 10.3. The molecule has 1 heterocycles. The number of tetrazole rings is 1. The molecule has 4 N–H and O–H groups in total. The van der Waals surface area contributed by atoms with Gasteiger partial charge in [-0.2, -0.15) is 13.2 Å². The average molecular weight is 744 g/mol. The summed E-state index contributed by atoms with van der Waals surface area (Å²) in [6.45, 7) is 0.241. The van der Waals surface area contributed by atoms with E-state index in [2.05, 4.69) is 30.9 Å². The fourth-order valence-corrected chi connectivity index (χ4v) is 8.18. The summed E-state index contributed by atoms with van der Waals surface area (Å²) in [5.41, 5.74) is -0.391. The topological polar surface area (TPSA) is 170 Å². The van der Waals surface area contributed by atoms with Gasteiger partial charge in [-0.25, -0.2) is 22.6 Å². The van der Waals surface area contributed by atoms with Crippen LogP contribution in [0.2, 0.25) is 0 Å². The molecule has 1 aromatic heterocycles. The highest BCUT2D eigenvalue weighted by molar-refractivity contribution is 7.89. The summed E-state index contributed by atoms with van der Waals surface area (Å²) >= 11 is 0. The van der Waals surface area contributed by atoms with Crippen molar-refractivity contribution < 1.29 is 41.0 Å². The minimum absolute atomic E-state index is 0.0452. The first-order valence-corrected chi connectivity index (χ1v) is 18.3. The molecule has 13 nitrogen and oxygen atoms in total. The van der Waals surface area contributed by atoms with Crippen molar-refractivity contribution >= 4 is 16.1 Å². The molecule has 2 aliphatic rings. The molecular formula is C35H40F3N7O6S. The summed E-state index contributed by atoms with van der Waals surface area (Å²) in [6, 6.07) is 15.7. The molecule has 0 atom stereocenters. The van der Waals surface area contributed by atoms with Crippen LogP contribution in [0.15, 0.2) is 65.6 Å². The fraction of sp³-hybridized carbons (Fsp3) is 0.429. The second-order valence-electron chi connectivity index (χ2n) is 13.2. The Labute approximate surface area is 299 Å². The van der Waals surface area contributed by atoms with Gasteiger partial charge in [0.1, 0.15) is 16.4 Å². The Balaban J connectivity index is 1.38. The highest BCUT2D eigenvalue weighted by Gasteiger charge is 2.45. The number of hydrogen-bond donors (Lipinski definition) is 4. The number of methoxy groups -OCH3 is 2. The zero-order valence-electron chi connectivity index (χ0n) is 28.6. The number of nitrogens with zero attached hydrogens (tertiary/aromatic N) is 4.